The van der Waals surface area contributed by atoms with Gasteiger partial charge in [0, 0.05) is 23.5 Å². The van der Waals surface area contributed by atoms with Gasteiger partial charge in [0.1, 0.15) is 29.0 Å². The maximum atomic E-state index is 13.9. The number of unbranched alkanes of at least 4 members (excludes halogenated alkanes) is 9. The Morgan fingerprint density at radius 2 is 1.29 bits per heavy atom. The van der Waals surface area contributed by atoms with Gasteiger partial charge < -0.3 is 4.74 Å². The number of hydrogen-bond acceptors (Lipinski definition) is 4. The monoisotopic (exact) mass is 477 g/mol. The number of halogens is 2. The van der Waals surface area contributed by atoms with Crippen molar-refractivity contribution in [2.75, 3.05) is 6.61 Å². The fraction of sp³-hybridized carbons (Fsp3) is 0.414. The third-order valence-corrected chi connectivity index (χ3v) is 6.02. The van der Waals surface area contributed by atoms with Crippen molar-refractivity contribution in [2.24, 2.45) is 0 Å². The number of rotatable bonds is 14. The molecule has 0 aliphatic rings. The molecule has 0 unspecified atom stereocenters. The lowest BCUT2D eigenvalue weighted by molar-refractivity contribution is 0.304. The summed E-state index contributed by atoms with van der Waals surface area (Å²) in [5.41, 5.74) is 1.27. The zero-order valence-electron chi connectivity index (χ0n) is 20.4. The molecule has 35 heavy (non-hydrogen) atoms. The van der Waals surface area contributed by atoms with E-state index in [1.807, 2.05) is 24.3 Å². The topological polar surface area (TPSA) is 58.8 Å². The molecule has 0 fully saturated rings. The molecule has 1 aromatic heterocycles. The Hall–Kier alpha value is -3.33. The van der Waals surface area contributed by atoms with E-state index in [4.69, 9.17) is 10.00 Å². The first-order valence-corrected chi connectivity index (χ1v) is 12.6. The zero-order chi connectivity index (χ0) is 24.9. The Balaban J connectivity index is 1.42. The Kier molecular flexibility index (Phi) is 10.6. The van der Waals surface area contributed by atoms with Gasteiger partial charge in [-0.3, -0.25) is 0 Å². The van der Waals surface area contributed by atoms with Gasteiger partial charge in [0.25, 0.3) is 0 Å². The van der Waals surface area contributed by atoms with Crippen LogP contribution in [0.5, 0.6) is 5.75 Å². The van der Waals surface area contributed by atoms with E-state index in [1.165, 1.54) is 63.9 Å². The van der Waals surface area contributed by atoms with E-state index in [0.717, 1.165) is 35.4 Å². The van der Waals surface area contributed by atoms with Crippen LogP contribution < -0.4 is 4.74 Å². The van der Waals surface area contributed by atoms with Gasteiger partial charge in [-0.25, -0.2) is 18.7 Å². The molecule has 0 aliphatic carbocycles. The molecular formula is C29H33F2N3O. The van der Waals surface area contributed by atoms with Crippen LogP contribution in [0.15, 0.2) is 48.8 Å². The average molecular weight is 478 g/mol. The molecule has 0 N–H and O–H groups in total. The van der Waals surface area contributed by atoms with Gasteiger partial charge in [-0.2, -0.15) is 5.26 Å². The summed E-state index contributed by atoms with van der Waals surface area (Å²) in [6, 6.07) is 11.4. The van der Waals surface area contributed by atoms with E-state index >= 15 is 0 Å². The van der Waals surface area contributed by atoms with Crippen molar-refractivity contribution in [1.29, 1.82) is 5.26 Å². The molecule has 0 atom stereocenters. The third kappa shape index (κ3) is 8.13. The molecule has 3 rings (SSSR count). The Labute approximate surface area is 207 Å². The minimum Gasteiger partial charge on any atom is -0.494 e. The van der Waals surface area contributed by atoms with Crippen molar-refractivity contribution < 1.29 is 13.5 Å². The molecule has 2 aromatic carbocycles. The molecular weight excluding hydrogens is 444 g/mol. The van der Waals surface area contributed by atoms with E-state index in [2.05, 4.69) is 16.9 Å². The van der Waals surface area contributed by atoms with Crippen molar-refractivity contribution in [1.82, 2.24) is 9.97 Å². The fourth-order valence-electron chi connectivity index (χ4n) is 3.96. The van der Waals surface area contributed by atoms with Crippen LogP contribution in [0.4, 0.5) is 8.78 Å². The van der Waals surface area contributed by atoms with Crippen LogP contribution in [-0.2, 0) is 0 Å². The van der Waals surface area contributed by atoms with Crippen LogP contribution in [-0.4, -0.2) is 16.6 Å². The molecule has 1 heterocycles. The van der Waals surface area contributed by atoms with Crippen molar-refractivity contribution in [2.45, 2.75) is 71.1 Å². The predicted molar refractivity (Wildman–Crippen MR) is 135 cm³/mol. The minimum absolute atomic E-state index is 0.182. The normalized spacial score (nSPS) is 10.8. The first-order valence-electron chi connectivity index (χ1n) is 12.6. The Bertz CT molecular complexity index is 1070. The number of benzene rings is 2. The maximum absolute atomic E-state index is 13.9. The highest BCUT2D eigenvalue weighted by molar-refractivity contribution is 5.64. The average Bonchev–Trinajstić information content (AvgIpc) is 2.87. The third-order valence-electron chi connectivity index (χ3n) is 6.02. The molecule has 0 saturated carbocycles. The Morgan fingerprint density at radius 3 is 1.83 bits per heavy atom. The lowest BCUT2D eigenvalue weighted by atomic mass is 10.1. The van der Waals surface area contributed by atoms with Crippen LogP contribution in [0.2, 0.25) is 0 Å². The minimum atomic E-state index is -0.927. The van der Waals surface area contributed by atoms with Gasteiger partial charge in [0.2, 0.25) is 0 Å². The van der Waals surface area contributed by atoms with Gasteiger partial charge in [0.15, 0.2) is 5.82 Å². The molecule has 0 spiro atoms. The number of nitriles is 1. The van der Waals surface area contributed by atoms with Crippen LogP contribution in [0.1, 0.15) is 76.7 Å². The van der Waals surface area contributed by atoms with Crippen molar-refractivity contribution in [3.8, 4) is 34.3 Å². The summed E-state index contributed by atoms with van der Waals surface area (Å²) in [6.45, 7) is 2.96. The summed E-state index contributed by atoms with van der Waals surface area (Å²) in [5.74, 6) is -0.842. The van der Waals surface area contributed by atoms with E-state index < -0.39 is 17.2 Å². The summed E-state index contributed by atoms with van der Waals surface area (Å²) in [6.07, 6.45) is 16.2. The maximum Gasteiger partial charge on any atom is 0.159 e. The van der Waals surface area contributed by atoms with Gasteiger partial charge >= 0.3 is 0 Å². The van der Waals surface area contributed by atoms with Crippen molar-refractivity contribution >= 4 is 0 Å². The van der Waals surface area contributed by atoms with E-state index in [1.54, 1.807) is 12.4 Å². The van der Waals surface area contributed by atoms with Crippen molar-refractivity contribution in [3.63, 3.8) is 0 Å². The second-order valence-corrected chi connectivity index (χ2v) is 8.78. The second kappa shape index (κ2) is 14.2. The first kappa shape index (κ1) is 26.3. The van der Waals surface area contributed by atoms with E-state index in [9.17, 15) is 8.78 Å². The molecule has 0 aliphatic heterocycles. The lowest BCUT2D eigenvalue weighted by Gasteiger charge is -2.08. The van der Waals surface area contributed by atoms with Crippen LogP contribution >= 0.6 is 0 Å². The summed E-state index contributed by atoms with van der Waals surface area (Å²) in [7, 11) is 0. The quantitative estimate of drug-likeness (QED) is 0.219. The number of ether oxygens (including phenoxy) is 1. The number of hydrogen-bond donors (Lipinski definition) is 0. The van der Waals surface area contributed by atoms with Crippen LogP contribution in [0.3, 0.4) is 0 Å². The molecule has 3 aromatic rings. The zero-order valence-corrected chi connectivity index (χ0v) is 20.4. The van der Waals surface area contributed by atoms with Crippen molar-refractivity contribution in [3.05, 3.63) is 66.0 Å². The molecule has 4 nitrogen and oxygen atoms in total. The highest BCUT2D eigenvalue weighted by Crippen LogP contribution is 2.25. The Morgan fingerprint density at radius 1 is 0.743 bits per heavy atom. The molecule has 184 valence electrons. The van der Waals surface area contributed by atoms with Crippen LogP contribution in [0, 0.1) is 23.0 Å². The molecule has 0 radical (unpaired) electrons. The van der Waals surface area contributed by atoms with Gasteiger partial charge in [-0.05, 0) is 36.2 Å². The summed E-state index contributed by atoms with van der Waals surface area (Å²) in [5, 5.41) is 8.80. The molecule has 0 saturated heterocycles. The number of aromatic nitrogens is 2. The van der Waals surface area contributed by atoms with Crippen LogP contribution in [0.25, 0.3) is 22.5 Å². The first-order chi connectivity index (χ1) is 17.1. The standard InChI is InChI=1S/C29H33F2N3O/c1-2-3-4-5-6-7-8-9-10-11-16-35-25-14-12-22(13-15-25)24-20-33-29(34-21-24)23-17-27(30)26(19-32)28(31)18-23/h12-15,17-18,20-21H,2-11,16H2,1H3. The van der Waals surface area contributed by atoms with Gasteiger partial charge in [-0.1, -0.05) is 76.8 Å². The SMILES string of the molecule is CCCCCCCCCCCCOc1ccc(-c2cnc(-c3cc(F)c(C#N)c(F)c3)nc2)cc1. The van der Waals surface area contributed by atoms with E-state index in [-0.39, 0.29) is 11.4 Å². The lowest BCUT2D eigenvalue weighted by Crippen LogP contribution is -1.97. The highest BCUT2D eigenvalue weighted by Gasteiger charge is 2.13. The largest absolute Gasteiger partial charge is 0.494 e. The van der Waals surface area contributed by atoms with E-state index in [0.29, 0.717) is 6.61 Å². The summed E-state index contributed by atoms with van der Waals surface area (Å²) < 4.78 is 33.6. The second-order valence-electron chi connectivity index (χ2n) is 8.78. The van der Waals surface area contributed by atoms with Gasteiger partial charge in [-0.15, -0.1) is 0 Å². The molecule has 0 bridgehead atoms. The highest BCUT2D eigenvalue weighted by atomic mass is 19.1. The predicted octanol–water partition coefficient (Wildman–Crippen LogP) is 8.26. The summed E-state index contributed by atoms with van der Waals surface area (Å²) in [4.78, 5) is 8.47. The van der Waals surface area contributed by atoms with Gasteiger partial charge in [0.05, 0.1) is 6.61 Å². The summed E-state index contributed by atoms with van der Waals surface area (Å²) >= 11 is 0. The molecule has 6 heteroatoms. The smallest absolute Gasteiger partial charge is 0.159 e. The molecule has 0 amide bonds. The number of nitrogens with zero attached hydrogens (tertiary/aromatic N) is 3. The fourth-order valence-corrected chi connectivity index (χ4v) is 3.96.